The quantitative estimate of drug-likeness (QED) is 0.558. The van der Waals surface area contributed by atoms with Crippen molar-refractivity contribution in [3.05, 3.63) is 40.3 Å². The average Bonchev–Trinajstić information content (AvgIpc) is 2.78. The summed E-state index contributed by atoms with van der Waals surface area (Å²) in [4.78, 5) is 44.4. The van der Waals surface area contributed by atoms with Gasteiger partial charge in [-0.05, 0) is 12.1 Å². The minimum absolute atomic E-state index is 0.213. The highest BCUT2D eigenvalue weighted by atomic mass is 16.4. The number of carbonyl (C=O) groups is 3. The molecule has 0 radical (unpaired) electrons. The minimum Gasteiger partial charge on any atom is -0.474 e. The van der Waals surface area contributed by atoms with Gasteiger partial charge in [0.2, 0.25) is 5.43 Å². The zero-order valence-electron chi connectivity index (χ0n) is 8.84. The van der Waals surface area contributed by atoms with Crippen molar-refractivity contribution in [3.63, 3.8) is 0 Å². The van der Waals surface area contributed by atoms with Crippen LogP contribution < -0.4 is 10.7 Å². The number of aromatic amines is 1. The Morgan fingerprint density at radius 3 is 2.72 bits per heavy atom. The number of fused-ring (bicyclic) bond motifs is 1. The van der Waals surface area contributed by atoms with Crippen LogP contribution in [0.5, 0.6) is 0 Å². The molecule has 18 heavy (non-hydrogen) atoms. The predicted octanol–water partition coefficient (Wildman–Crippen LogP) is -1.03. The van der Waals surface area contributed by atoms with Crippen molar-refractivity contribution >= 4 is 23.3 Å². The largest absolute Gasteiger partial charge is 0.474 e. The van der Waals surface area contributed by atoms with Crippen molar-refractivity contribution in [2.45, 2.75) is 0 Å². The lowest BCUT2D eigenvalue weighted by molar-refractivity contribution is -0.149. The SMILES string of the molecule is O=C(O)C(=O)NC(=O)c1c[nH]n2cccc2c1=O. The molecule has 0 saturated heterocycles. The van der Waals surface area contributed by atoms with E-state index in [4.69, 9.17) is 5.11 Å². The van der Waals surface area contributed by atoms with Crippen LogP contribution in [0.15, 0.2) is 29.3 Å². The topological polar surface area (TPSA) is 121 Å². The monoisotopic (exact) mass is 249 g/mol. The molecule has 0 spiro atoms. The summed E-state index contributed by atoms with van der Waals surface area (Å²) in [5.74, 6) is -4.36. The van der Waals surface area contributed by atoms with Crippen LogP contribution in [0.2, 0.25) is 0 Å². The Kier molecular flexibility index (Phi) is 2.68. The molecule has 2 heterocycles. The number of imide groups is 1. The summed E-state index contributed by atoms with van der Waals surface area (Å²) in [6, 6.07) is 3.08. The fraction of sp³-hybridized carbons (Fsp3) is 0. The summed E-state index contributed by atoms with van der Waals surface area (Å²) in [6.45, 7) is 0. The van der Waals surface area contributed by atoms with Crippen LogP contribution in [0.1, 0.15) is 10.4 Å². The molecule has 0 saturated carbocycles. The molecule has 0 aliphatic heterocycles. The second-order valence-corrected chi connectivity index (χ2v) is 3.37. The number of nitrogens with zero attached hydrogens (tertiary/aromatic N) is 1. The molecule has 3 N–H and O–H groups in total. The molecule has 2 aromatic rings. The molecular weight excluding hydrogens is 242 g/mol. The van der Waals surface area contributed by atoms with E-state index in [1.54, 1.807) is 17.6 Å². The zero-order valence-corrected chi connectivity index (χ0v) is 8.84. The van der Waals surface area contributed by atoms with Crippen LogP contribution >= 0.6 is 0 Å². The average molecular weight is 249 g/mol. The van der Waals surface area contributed by atoms with Gasteiger partial charge in [-0.2, -0.15) is 0 Å². The first-order valence-corrected chi connectivity index (χ1v) is 4.78. The number of hydrogen-bond donors (Lipinski definition) is 3. The van der Waals surface area contributed by atoms with E-state index in [1.165, 1.54) is 10.6 Å². The molecule has 0 fully saturated rings. The number of aliphatic carboxylic acids is 1. The third kappa shape index (κ3) is 1.86. The van der Waals surface area contributed by atoms with Gasteiger partial charge in [-0.25, -0.2) is 4.79 Å². The predicted molar refractivity (Wildman–Crippen MR) is 58.1 cm³/mol. The van der Waals surface area contributed by atoms with E-state index in [0.717, 1.165) is 6.20 Å². The normalized spacial score (nSPS) is 10.2. The second kappa shape index (κ2) is 4.17. The first-order chi connectivity index (χ1) is 8.50. The van der Waals surface area contributed by atoms with E-state index in [9.17, 15) is 19.2 Å². The van der Waals surface area contributed by atoms with Crippen molar-refractivity contribution in [1.29, 1.82) is 0 Å². The molecule has 0 aromatic carbocycles. The molecule has 0 aliphatic carbocycles. The number of aromatic nitrogens is 2. The van der Waals surface area contributed by atoms with Crippen LogP contribution in [0.4, 0.5) is 0 Å². The lowest BCUT2D eigenvalue weighted by Gasteiger charge is -2.01. The van der Waals surface area contributed by atoms with Crippen molar-refractivity contribution in [2.75, 3.05) is 0 Å². The molecular formula is C10H7N3O5. The van der Waals surface area contributed by atoms with Crippen molar-refractivity contribution in [1.82, 2.24) is 14.9 Å². The van der Waals surface area contributed by atoms with Crippen LogP contribution in [0.3, 0.4) is 0 Å². The highest BCUT2D eigenvalue weighted by Gasteiger charge is 2.19. The van der Waals surface area contributed by atoms with E-state index in [-0.39, 0.29) is 11.1 Å². The van der Waals surface area contributed by atoms with Gasteiger partial charge in [-0.1, -0.05) is 0 Å². The van der Waals surface area contributed by atoms with Crippen LogP contribution in [-0.2, 0) is 9.59 Å². The number of amides is 2. The van der Waals surface area contributed by atoms with Crippen molar-refractivity contribution in [3.8, 4) is 0 Å². The number of nitrogens with one attached hydrogen (secondary N) is 2. The van der Waals surface area contributed by atoms with E-state index in [1.807, 2.05) is 0 Å². The summed E-state index contributed by atoms with van der Waals surface area (Å²) < 4.78 is 1.39. The van der Waals surface area contributed by atoms with Gasteiger partial charge in [0.05, 0.1) is 0 Å². The highest BCUT2D eigenvalue weighted by Crippen LogP contribution is 1.98. The first-order valence-electron chi connectivity index (χ1n) is 4.78. The molecule has 2 rings (SSSR count). The standard InChI is InChI=1S/C10H7N3O5/c14-7-5(8(15)12-9(16)10(17)18)4-11-13-3-1-2-6(7)13/h1-4,11H,(H,17,18)(H,12,15,16). The van der Waals surface area contributed by atoms with Gasteiger partial charge in [0.25, 0.3) is 5.91 Å². The summed E-state index contributed by atoms with van der Waals surface area (Å²) in [7, 11) is 0. The van der Waals surface area contributed by atoms with Crippen LogP contribution in [-0.4, -0.2) is 32.5 Å². The van der Waals surface area contributed by atoms with Gasteiger partial charge in [-0.3, -0.25) is 24.2 Å². The number of carboxylic acids is 1. The van der Waals surface area contributed by atoms with Crippen molar-refractivity contribution < 1.29 is 19.5 Å². The number of carbonyl (C=O) groups excluding carboxylic acids is 2. The molecule has 92 valence electrons. The summed E-state index contributed by atoms with van der Waals surface area (Å²) in [5.41, 5.74) is -0.726. The van der Waals surface area contributed by atoms with Crippen LogP contribution in [0.25, 0.3) is 5.52 Å². The Morgan fingerprint density at radius 1 is 1.33 bits per heavy atom. The summed E-state index contributed by atoms with van der Waals surface area (Å²) in [6.07, 6.45) is 2.67. The van der Waals surface area contributed by atoms with Gasteiger partial charge in [-0.15, -0.1) is 0 Å². The summed E-state index contributed by atoms with van der Waals surface area (Å²) >= 11 is 0. The molecule has 0 bridgehead atoms. The Bertz CT molecular complexity index is 712. The zero-order chi connectivity index (χ0) is 13.3. The van der Waals surface area contributed by atoms with Gasteiger partial charge in [0.15, 0.2) is 0 Å². The number of carboxylic acid groups (broad SMARTS) is 1. The Morgan fingerprint density at radius 2 is 2.06 bits per heavy atom. The minimum atomic E-state index is -1.80. The lowest BCUT2D eigenvalue weighted by atomic mass is 10.2. The molecule has 8 heteroatoms. The maximum atomic E-state index is 11.8. The summed E-state index contributed by atoms with van der Waals surface area (Å²) in [5, 5.41) is 12.5. The molecule has 0 aliphatic rings. The van der Waals surface area contributed by atoms with Gasteiger partial charge in [0, 0.05) is 12.4 Å². The van der Waals surface area contributed by atoms with E-state index in [0.29, 0.717) is 0 Å². The van der Waals surface area contributed by atoms with Gasteiger partial charge in [0.1, 0.15) is 11.1 Å². The smallest absolute Gasteiger partial charge is 0.394 e. The maximum absolute atomic E-state index is 11.8. The Labute approximate surface area is 98.8 Å². The van der Waals surface area contributed by atoms with Gasteiger partial charge >= 0.3 is 11.9 Å². The fourth-order valence-electron chi connectivity index (χ4n) is 1.41. The molecule has 0 atom stereocenters. The Hall–Kier alpha value is -2.90. The second-order valence-electron chi connectivity index (χ2n) is 3.37. The molecule has 8 nitrogen and oxygen atoms in total. The maximum Gasteiger partial charge on any atom is 0.394 e. The van der Waals surface area contributed by atoms with Gasteiger partial charge < -0.3 is 10.2 Å². The molecule has 2 amide bonds. The highest BCUT2D eigenvalue weighted by molar-refractivity contribution is 6.35. The third-order valence-electron chi connectivity index (χ3n) is 2.24. The lowest BCUT2D eigenvalue weighted by Crippen LogP contribution is -2.38. The van der Waals surface area contributed by atoms with Crippen LogP contribution in [0, 0.1) is 0 Å². The van der Waals surface area contributed by atoms with E-state index in [2.05, 4.69) is 5.10 Å². The van der Waals surface area contributed by atoms with E-state index < -0.39 is 23.2 Å². The fourth-order valence-corrected chi connectivity index (χ4v) is 1.41. The van der Waals surface area contributed by atoms with Crippen molar-refractivity contribution in [2.24, 2.45) is 0 Å². The number of hydrogen-bond acceptors (Lipinski definition) is 4. The Balaban J connectivity index is 2.39. The molecule has 0 unspecified atom stereocenters. The number of rotatable bonds is 1. The number of H-pyrrole nitrogens is 1. The molecule has 2 aromatic heterocycles. The van der Waals surface area contributed by atoms with E-state index >= 15 is 0 Å². The third-order valence-corrected chi connectivity index (χ3v) is 2.24. The first kappa shape index (κ1) is 11.6.